The van der Waals surface area contributed by atoms with Crippen LogP contribution >= 0.6 is 0 Å². The van der Waals surface area contributed by atoms with Crippen molar-refractivity contribution in [3.05, 3.63) is 35.4 Å². The highest BCUT2D eigenvalue weighted by atomic mass is 16.3. The molecule has 1 rings (SSSR count). The lowest BCUT2D eigenvalue weighted by molar-refractivity contribution is 0.0956. The van der Waals surface area contributed by atoms with Crippen molar-refractivity contribution in [2.75, 3.05) is 13.2 Å². The van der Waals surface area contributed by atoms with Crippen LogP contribution < -0.4 is 5.73 Å². The quantitative estimate of drug-likeness (QED) is 0.534. The molecular formula is C10H15NO3. The largest absolute Gasteiger partial charge is 0.394 e. The molecule has 0 radical (unpaired) electrons. The normalized spacial score (nSPS) is 15.1. The number of nitrogens with two attached hydrogens (primary N) is 1. The van der Waals surface area contributed by atoms with Crippen molar-refractivity contribution in [3.63, 3.8) is 0 Å². The summed E-state index contributed by atoms with van der Waals surface area (Å²) in [5.74, 6) is 0. The highest BCUT2D eigenvalue weighted by molar-refractivity contribution is 5.26. The molecule has 4 nitrogen and oxygen atoms in total. The van der Waals surface area contributed by atoms with E-state index in [9.17, 15) is 5.11 Å². The number of hydrogen-bond donors (Lipinski definition) is 4. The van der Waals surface area contributed by atoms with Gasteiger partial charge >= 0.3 is 0 Å². The maximum absolute atomic E-state index is 9.29. The third-order valence-corrected chi connectivity index (χ3v) is 2.12. The monoisotopic (exact) mass is 197 g/mol. The van der Waals surface area contributed by atoms with E-state index in [4.69, 9.17) is 15.9 Å². The van der Waals surface area contributed by atoms with E-state index in [-0.39, 0.29) is 13.2 Å². The number of benzene rings is 1. The van der Waals surface area contributed by atoms with E-state index < -0.39 is 12.1 Å². The first-order valence-electron chi connectivity index (χ1n) is 4.44. The second-order valence-corrected chi connectivity index (χ2v) is 3.15. The Hall–Kier alpha value is -0.940. The third-order valence-electron chi connectivity index (χ3n) is 2.12. The van der Waals surface area contributed by atoms with Gasteiger partial charge in [0.05, 0.1) is 19.3 Å². The molecule has 2 atom stereocenters. The zero-order valence-electron chi connectivity index (χ0n) is 7.80. The Morgan fingerprint density at radius 1 is 1.00 bits per heavy atom. The predicted octanol–water partition coefficient (Wildman–Crippen LogP) is -0.296. The summed E-state index contributed by atoms with van der Waals surface area (Å²) < 4.78 is 0. The lowest BCUT2D eigenvalue weighted by Gasteiger charge is -2.11. The van der Waals surface area contributed by atoms with Crippen LogP contribution in [0.1, 0.15) is 23.3 Å². The molecule has 0 bridgehead atoms. The molecular weight excluding hydrogens is 182 g/mol. The molecule has 0 saturated heterocycles. The van der Waals surface area contributed by atoms with Crippen LogP contribution in [0.2, 0.25) is 0 Å². The predicted molar refractivity (Wildman–Crippen MR) is 52.5 cm³/mol. The minimum Gasteiger partial charge on any atom is -0.394 e. The Morgan fingerprint density at radius 3 is 1.93 bits per heavy atom. The van der Waals surface area contributed by atoms with Crippen molar-refractivity contribution >= 4 is 0 Å². The summed E-state index contributed by atoms with van der Waals surface area (Å²) in [6, 6.07) is 6.44. The molecule has 1 aromatic carbocycles. The molecule has 2 unspecified atom stereocenters. The van der Waals surface area contributed by atoms with Gasteiger partial charge in [-0.2, -0.15) is 0 Å². The van der Waals surface area contributed by atoms with Crippen LogP contribution in [0.15, 0.2) is 24.3 Å². The van der Waals surface area contributed by atoms with Crippen molar-refractivity contribution in [1.29, 1.82) is 0 Å². The fourth-order valence-corrected chi connectivity index (χ4v) is 1.18. The van der Waals surface area contributed by atoms with Gasteiger partial charge in [0, 0.05) is 0 Å². The molecule has 0 aromatic heterocycles. The van der Waals surface area contributed by atoms with Crippen molar-refractivity contribution in [3.8, 4) is 0 Å². The summed E-state index contributed by atoms with van der Waals surface area (Å²) in [5.41, 5.74) is 7.04. The first-order valence-corrected chi connectivity index (χ1v) is 4.44. The van der Waals surface area contributed by atoms with Gasteiger partial charge in [0.2, 0.25) is 0 Å². The number of aliphatic hydroxyl groups is 3. The molecule has 14 heavy (non-hydrogen) atoms. The Morgan fingerprint density at radius 2 is 1.50 bits per heavy atom. The maximum Gasteiger partial charge on any atom is 0.102 e. The van der Waals surface area contributed by atoms with Crippen LogP contribution in [0, 0.1) is 0 Å². The van der Waals surface area contributed by atoms with Crippen molar-refractivity contribution in [2.24, 2.45) is 5.73 Å². The van der Waals surface area contributed by atoms with E-state index in [0.29, 0.717) is 5.56 Å². The number of rotatable bonds is 4. The van der Waals surface area contributed by atoms with E-state index in [1.807, 2.05) is 0 Å². The van der Waals surface area contributed by atoms with E-state index in [0.717, 1.165) is 5.56 Å². The minimum atomic E-state index is -0.852. The van der Waals surface area contributed by atoms with Crippen LogP contribution in [0.3, 0.4) is 0 Å². The van der Waals surface area contributed by atoms with E-state index in [1.54, 1.807) is 24.3 Å². The van der Waals surface area contributed by atoms with Gasteiger partial charge in [0.25, 0.3) is 0 Å². The smallest absolute Gasteiger partial charge is 0.102 e. The molecule has 0 aliphatic rings. The van der Waals surface area contributed by atoms with Crippen LogP contribution in [0.5, 0.6) is 0 Å². The van der Waals surface area contributed by atoms with E-state index >= 15 is 0 Å². The highest BCUT2D eigenvalue weighted by Gasteiger charge is 2.07. The van der Waals surface area contributed by atoms with Crippen LogP contribution in [0.25, 0.3) is 0 Å². The summed E-state index contributed by atoms with van der Waals surface area (Å²) in [5, 5.41) is 26.8. The Balaban J connectivity index is 2.78. The summed E-state index contributed by atoms with van der Waals surface area (Å²) in [4.78, 5) is 0. The number of hydrogen-bond acceptors (Lipinski definition) is 4. The fourth-order valence-electron chi connectivity index (χ4n) is 1.18. The summed E-state index contributed by atoms with van der Waals surface area (Å²) in [7, 11) is 0. The minimum absolute atomic E-state index is 0.109. The molecule has 0 aliphatic carbocycles. The van der Waals surface area contributed by atoms with Gasteiger partial charge in [-0.05, 0) is 11.1 Å². The molecule has 0 amide bonds. The summed E-state index contributed by atoms with van der Waals surface area (Å²) in [6.07, 6.45) is -0.852. The van der Waals surface area contributed by atoms with Crippen LogP contribution in [-0.2, 0) is 0 Å². The Bertz CT molecular complexity index is 244. The van der Waals surface area contributed by atoms with E-state index in [1.165, 1.54) is 0 Å². The van der Waals surface area contributed by atoms with Gasteiger partial charge in [-0.25, -0.2) is 0 Å². The van der Waals surface area contributed by atoms with Gasteiger partial charge in [-0.15, -0.1) is 0 Å². The van der Waals surface area contributed by atoms with Gasteiger partial charge in [-0.3, -0.25) is 0 Å². The molecule has 78 valence electrons. The standard InChI is InChI=1S/C10H15NO3/c11-9(5-12)7-1-3-8(4-2-7)10(14)6-13/h1-4,9-10,12-14H,5-6,11H2. The second-order valence-electron chi connectivity index (χ2n) is 3.15. The maximum atomic E-state index is 9.29. The van der Waals surface area contributed by atoms with Gasteiger partial charge in [0.15, 0.2) is 0 Å². The van der Waals surface area contributed by atoms with Crippen molar-refractivity contribution in [1.82, 2.24) is 0 Å². The molecule has 0 fully saturated rings. The zero-order chi connectivity index (χ0) is 10.6. The summed E-state index contributed by atoms with van der Waals surface area (Å²) >= 11 is 0. The van der Waals surface area contributed by atoms with Gasteiger partial charge < -0.3 is 21.1 Å². The van der Waals surface area contributed by atoms with Crippen molar-refractivity contribution in [2.45, 2.75) is 12.1 Å². The topological polar surface area (TPSA) is 86.7 Å². The lowest BCUT2D eigenvalue weighted by atomic mass is 10.0. The molecule has 0 heterocycles. The first-order chi connectivity index (χ1) is 6.69. The molecule has 0 aliphatic heterocycles. The molecule has 4 heteroatoms. The Kier molecular flexibility index (Phi) is 4.03. The summed E-state index contributed by atoms with van der Waals surface area (Å²) in [6.45, 7) is -0.409. The van der Waals surface area contributed by atoms with Crippen LogP contribution in [-0.4, -0.2) is 28.5 Å². The lowest BCUT2D eigenvalue weighted by Crippen LogP contribution is -2.14. The average molecular weight is 197 g/mol. The van der Waals surface area contributed by atoms with Crippen molar-refractivity contribution < 1.29 is 15.3 Å². The molecule has 1 aromatic rings. The second kappa shape index (κ2) is 5.07. The van der Waals surface area contributed by atoms with Crippen LogP contribution in [0.4, 0.5) is 0 Å². The average Bonchev–Trinajstić information content (AvgIpc) is 2.27. The Labute approximate surface area is 82.6 Å². The SMILES string of the molecule is NC(CO)c1ccc(C(O)CO)cc1. The highest BCUT2D eigenvalue weighted by Crippen LogP contribution is 2.16. The van der Waals surface area contributed by atoms with Gasteiger partial charge in [0.1, 0.15) is 6.10 Å². The number of aliphatic hydroxyl groups excluding tert-OH is 3. The van der Waals surface area contributed by atoms with Gasteiger partial charge in [-0.1, -0.05) is 24.3 Å². The molecule has 0 saturated carbocycles. The molecule has 0 spiro atoms. The zero-order valence-corrected chi connectivity index (χ0v) is 7.80. The first kappa shape index (κ1) is 11.1. The molecule has 5 N–H and O–H groups in total. The fraction of sp³-hybridized carbons (Fsp3) is 0.400. The van der Waals surface area contributed by atoms with E-state index in [2.05, 4.69) is 0 Å². The third kappa shape index (κ3) is 2.52.